The lowest BCUT2D eigenvalue weighted by Gasteiger charge is -2.23. The van der Waals surface area contributed by atoms with Crippen LogP contribution in [-0.4, -0.2) is 44.4 Å². The van der Waals surface area contributed by atoms with Crippen molar-refractivity contribution in [3.05, 3.63) is 289 Å². The topological polar surface area (TPSA) is 133 Å². The summed E-state index contributed by atoms with van der Waals surface area (Å²) in [6.45, 7) is 2.74. The molecule has 3 saturated heterocycles. The zero-order chi connectivity index (χ0) is 77.1. The molecule has 9 aromatic rings. The summed E-state index contributed by atoms with van der Waals surface area (Å²) in [7, 11) is 0. The Bertz CT molecular complexity index is 4330. The molecule has 3 amide bonds. The number of carbonyl (C=O) groups is 4. The molecule has 0 aliphatic carbocycles. The van der Waals surface area contributed by atoms with E-state index in [2.05, 4.69) is 16.6 Å². The number of amides is 3. The van der Waals surface area contributed by atoms with Gasteiger partial charge in [0.25, 0.3) is 0 Å². The van der Waals surface area contributed by atoms with E-state index in [0.717, 1.165) is 54.6 Å². The summed E-state index contributed by atoms with van der Waals surface area (Å²) in [5.74, 6) is -3.03. The zero-order valence-electron chi connectivity index (χ0n) is 52.5. The number of halogens is 22. The first-order chi connectivity index (χ1) is 49.1. The molecule has 0 saturated carbocycles. The lowest BCUT2D eigenvalue weighted by Crippen LogP contribution is -2.27. The van der Waals surface area contributed by atoms with Gasteiger partial charge in [-0.1, -0.05) is 35.9 Å². The van der Waals surface area contributed by atoms with Crippen molar-refractivity contribution >= 4 is 65.2 Å². The van der Waals surface area contributed by atoms with Crippen LogP contribution in [0.15, 0.2) is 195 Å². The highest BCUT2D eigenvalue weighted by molar-refractivity contribution is 6.30. The minimum absolute atomic E-state index is 0.0142. The fraction of sp³-hybridized carbons (Fsp3) is 0.155. The number of anilines is 2. The van der Waals surface area contributed by atoms with Gasteiger partial charge in [-0.2, -0.15) is 65.9 Å². The van der Waals surface area contributed by atoms with Crippen molar-refractivity contribution in [2.75, 3.05) is 29.6 Å². The molecule has 105 heavy (non-hydrogen) atoms. The summed E-state index contributed by atoms with van der Waals surface area (Å²) in [6, 6.07) is 34.0. The molecule has 3 atom stereocenters. The summed E-state index contributed by atoms with van der Waals surface area (Å²) in [5.41, 5.74) is -4.97. The monoisotopic (exact) mass is 1530 g/mol. The molecule has 0 spiro atoms. The predicted octanol–water partition coefficient (Wildman–Crippen LogP) is 22.7. The Balaban J connectivity index is 0.000000175. The number of ether oxygens (including phenoxy) is 5. The third kappa shape index (κ3) is 22.3. The second-order valence-electron chi connectivity index (χ2n) is 22.0. The van der Waals surface area contributed by atoms with E-state index in [1.165, 1.54) is 15.9 Å². The number of cyclic esters (lactones) is 3. The van der Waals surface area contributed by atoms with Gasteiger partial charge >= 0.3 is 49.2 Å². The highest BCUT2D eigenvalue weighted by Crippen LogP contribution is 2.42. The average Bonchev–Trinajstić information content (AvgIpc) is 1.69. The molecule has 0 radical (unpaired) electrons. The van der Waals surface area contributed by atoms with E-state index in [9.17, 15) is 107 Å². The van der Waals surface area contributed by atoms with Gasteiger partial charge in [0.05, 0.1) is 45.9 Å². The van der Waals surface area contributed by atoms with Crippen molar-refractivity contribution in [1.82, 2.24) is 5.32 Å². The van der Waals surface area contributed by atoms with Crippen molar-refractivity contribution in [2.24, 2.45) is 0 Å². The normalized spacial score (nSPS) is 15.7. The van der Waals surface area contributed by atoms with Gasteiger partial charge in [-0.3, -0.25) is 14.6 Å². The van der Waals surface area contributed by atoms with Crippen LogP contribution in [0.3, 0.4) is 0 Å². The molecule has 34 heteroatoms. The van der Waals surface area contributed by atoms with Crippen LogP contribution in [0.1, 0.15) is 78.6 Å². The molecule has 3 aliphatic heterocycles. The molecule has 0 unspecified atom stereocenters. The van der Waals surface area contributed by atoms with E-state index in [1.807, 2.05) is 0 Å². The molecule has 1 N–H and O–H groups in total. The number of aldehydes is 1. The Kier molecular flexibility index (Phi) is 25.2. The maximum absolute atomic E-state index is 13.9. The Morgan fingerprint density at radius 2 is 0.686 bits per heavy atom. The summed E-state index contributed by atoms with van der Waals surface area (Å²) < 4.78 is 280. The van der Waals surface area contributed by atoms with Crippen LogP contribution >= 0.6 is 23.2 Å². The molecule has 12 rings (SSSR count). The highest BCUT2D eigenvalue weighted by Gasteiger charge is 2.41. The molecule has 552 valence electrons. The summed E-state index contributed by atoms with van der Waals surface area (Å²) in [5, 5.41) is 3.41. The third-order valence-corrected chi connectivity index (χ3v) is 15.0. The van der Waals surface area contributed by atoms with Crippen molar-refractivity contribution in [3.8, 4) is 23.0 Å². The van der Waals surface area contributed by atoms with Gasteiger partial charge in [-0.25, -0.2) is 36.3 Å². The van der Waals surface area contributed by atoms with Crippen molar-refractivity contribution in [1.29, 1.82) is 0 Å². The summed E-state index contributed by atoms with van der Waals surface area (Å²) in [4.78, 5) is 47.8. The van der Waals surface area contributed by atoms with E-state index in [1.54, 1.807) is 97.1 Å². The van der Waals surface area contributed by atoms with Crippen LogP contribution in [0.4, 0.5) is 114 Å². The minimum atomic E-state index is -4.72. The maximum atomic E-state index is 13.9. The van der Waals surface area contributed by atoms with Crippen molar-refractivity contribution < 1.29 is 131 Å². The number of carbonyl (C=O) groups excluding carboxylic acids is 4. The maximum Gasteiger partial charge on any atom is 0.416 e. The predicted molar refractivity (Wildman–Crippen MR) is 339 cm³/mol. The van der Waals surface area contributed by atoms with Crippen LogP contribution in [0.2, 0.25) is 10.0 Å². The molecule has 3 heterocycles. The zero-order valence-corrected chi connectivity index (χ0v) is 54.0. The number of nitrogens with zero attached hydrogens (tertiary/aromatic N) is 2. The van der Waals surface area contributed by atoms with E-state index >= 15 is 0 Å². The lowest BCUT2D eigenvalue weighted by molar-refractivity contribution is -0.138. The molecule has 9 aromatic carbocycles. The van der Waals surface area contributed by atoms with E-state index in [4.69, 9.17) is 42.1 Å². The van der Waals surface area contributed by atoms with Gasteiger partial charge in [0.1, 0.15) is 78.2 Å². The molecule has 0 bridgehead atoms. The Hall–Kier alpha value is -11.0. The van der Waals surface area contributed by atoms with Gasteiger partial charge in [0.15, 0.2) is 0 Å². The van der Waals surface area contributed by atoms with Crippen molar-refractivity contribution in [3.63, 3.8) is 0 Å². The number of alkyl halides is 15. The minimum Gasteiger partial charge on any atom is -0.457 e. The molecule has 3 aliphatic rings. The second-order valence-corrected chi connectivity index (χ2v) is 22.9. The molecule has 3 fully saturated rings. The van der Waals surface area contributed by atoms with Gasteiger partial charge < -0.3 is 29.0 Å². The third-order valence-electron chi connectivity index (χ3n) is 14.5. The quantitative estimate of drug-likeness (QED) is 0.0763. The van der Waals surface area contributed by atoms with Gasteiger partial charge in [-0.05, 0) is 210 Å². The van der Waals surface area contributed by atoms with E-state index in [0.29, 0.717) is 80.8 Å². The van der Waals surface area contributed by atoms with Crippen LogP contribution in [0.5, 0.6) is 23.0 Å². The Labute approximate surface area is 590 Å². The largest absolute Gasteiger partial charge is 0.457 e. The number of nitrogens with one attached hydrogen (secondary N) is 1. The molecular weight excluding hydrogens is 1490 g/mol. The number of hydrogen-bond acceptors (Lipinski definition) is 9. The first-order valence-corrected chi connectivity index (χ1v) is 30.3. The standard InChI is InChI=1S/2C22H14ClF4NO3.C10H7F4NO2.C9H6F4.C8H4F4O/c2*23-15-1-5-18(6-2-15)31-19-7-3-17(4-8-19)28-20(12-30-21(28)29)13-9-14(22(25,26)27)11-16(24)10-13;11-7-2-5(8-4-17-9(16)15-8)1-6(3-7)10(12,13)14;1-2-6-3-7(9(11,12)13)5-8(10)4-6;9-7-2-5(4-13)1-6(3-7)8(10,11)12/h2*1-11,20H,12H2;1-3,8H,4H2,(H,15,16);2-5H,1H2;1-4H/t2*20-;8-;;/m111../s1. The van der Waals surface area contributed by atoms with Gasteiger partial charge in [-0.15, -0.1) is 0 Å². The fourth-order valence-electron chi connectivity index (χ4n) is 9.75. The lowest BCUT2D eigenvalue weighted by atomic mass is 10.0. The first-order valence-electron chi connectivity index (χ1n) is 29.5. The van der Waals surface area contributed by atoms with Gasteiger partial charge in [0.2, 0.25) is 0 Å². The SMILES string of the molecule is C=Cc1cc(F)cc(C(F)(F)F)c1.O=C1N[C@@H](c2cc(F)cc(C(F)(F)F)c2)CO1.O=C1OC[C@H](c2cc(F)cc(C(F)(F)F)c2)N1c1ccc(Oc2ccc(Cl)cc2)cc1.O=C1OC[C@H](c2cc(F)cc(C(F)(F)F)c2)N1c1ccc(Oc2ccc(Cl)cc2)cc1.O=Cc1cc(F)cc(C(F)(F)F)c1. The van der Waals surface area contributed by atoms with Crippen LogP contribution in [0.25, 0.3) is 6.08 Å². The summed E-state index contributed by atoms with van der Waals surface area (Å²) >= 11 is 11.7. The molecule has 0 aromatic heterocycles. The van der Waals surface area contributed by atoms with E-state index in [-0.39, 0.29) is 53.9 Å². The van der Waals surface area contributed by atoms with E-state index < -0.39 is 124 Å². The highest BCUT2D eigenvalue weighted by atomic mass is 35.5. The number of rotatable bonds is 11. The number of benzene rings is 9. The van der Waals surface area contributed by atoms with Crippen molar-refractivity contribution in [2.45, 2.75) is 49.0 Å². The van der Waals surface area contributed by atoms with Crippen LogP contribution in [0, 0.1) is 29.1 Å². The Morgan fingerprint density at radius 1 is 0.390 bits per heavy atom. The fourth-order valence-corrected chi connectivity index (χ4v) is 10.00. The average molecular weight is 1540 g/mol. The first kappa shape index (κ1) is 79.7. The molecular formula is C71H45Cl2F20N3O9. The van der Waals surface area contributed by atoms with Gasteiger partial charge in [0, 0.05) is 27.0 Å². The number of alkyl carbamates (subject to hydrolysis) is 1. The second kappa shape index (κ2) is 33.2. The smallest absolute Gasteiger partial charge is 0.416 e. The van der Waals surface area contributed by atoms with Crippen LogP contribution in [-0.2, 0) is 45.1 Å². The summed E-state index contributed by atoms with van der Waals surface area (Å²) in [6.07, 6.45) is -24.1. The number of hydrogen-bond donors (Lipinski definition) is 1. The molecule has 12 nitrogen and oxygen atoms in total. The Morgan fingerprint density at radius 3 is 1.00 bits per heavy atom. The van der Waals surface area contributed by atoms with Crippen LogP contribution < -0.4 is 24.6 Å².